The van der Waals surface area contributed by atoms with Crippen LogP contribution in [0.4, 0.5) is 0 Å². The van der Waals surface area contributed by atoms with Gasteiger partial charge in [0.25, 0.3) is 0 Å². The van der Waals surface area contributed by atoms with Crippen LogP contribution in [0.3, 0.4) is 0 Å². The molecule has 0 atom stereocenters. The average molecular weight is 1320 g/mol. The number of ether oxygens (including phenoxy) is 11. The van der Waals surface area contributed by atoms with Crippen molar-refractivity contribution >= 4 is 73.5 Å². The molecule has 1 heterocycles. The van der Waals surface area contributed by atoms with Crippen molar-refractivity contribution in [2.45, 2.75) is 103 Å². The lowest BCUT2D eigenvalue weighted by molar-refractivity contribution is -0.141. The highest BCUT2D eigenvalue weighted by Gasteiger charge is 2.30. The van der Waals surface area contributed by atoms with Crippen molar-refractivity contribution in [3.05, 3.63) is 165 Å². The summed E-state index contributed by atoms with van der Waals surface area (Å²) in [5.74, 6) is 2.87. The molecule has 0 unspecified atom stereocenters. The topological polar surface area (TPSA) is 213 Å². The van der Waals surface area contributed by atoms with E-state index < -0.39 is 17.9 Å². The molecule has 97 heavy (non-hydrogen) atoms. The fourth-order valence-electron chi connectivity index (χ4n) is 12.2. The van der Waals surface area contributed by atoms with Gasteiger partial charge >= 0.3 is 29.8 Å². The molecule has 0 spiro atoms. The number of esters is 5. The number of rotatable bonds is 37. The van der Waals surface area contributed by atoms with Gasteiger partial charge in [-0.1, -0.05) is 37.9 Å². The smallest absolute Gasteiger partial charge is 0.330 e. The first-order valence-electron chi connectivity index (χ1n) is 33.9. The van der Waals surface area contributed by atoms with Crippen molar-refractivity contribution in [3.63, 3.8) is 0 Å². The largest absolute Gasteiger partial charge is 0.494 e. The van der Waals surface area contributed by atoms with E-state index >= 15 is 0 Å². The Bertz CT molecular complexity index is 3980. The molecule has 18 heteroatoms. The summed E-state index contributed by atoms with van der Waals surface area (Å²) >= 11 is 0. The van der Waals surface area contributed by atoms with Crippen LogP contribution in [0.2, 0.25) is 0 Å². The lowest BCUT2D eigenvalue weighted by Crippen LogP contribution is -2.27. The van der Waals surface area contributed by atoms with Crippen LogP contribution < -0.4 is 33.2 Å². The summed E-state index contributed by atoms with van der Waals surface area (Å²) in [7, 11) is 0. The van der Waals surface area contributed by atoms with Gasteiger partial charge in [-0.15, -0.1) is 0 Å². The van der Waals surface area contributed by atoms with Gasteiger partial charge in [-0.2, -0.15) is 0 Å². The van der Waals surface area contributed by atoms with E-state index in [1.807, 2.05) is 72.8 Å². The molecule has 10 rings (SSSR count). The maximum Gasteiger partial charge on any atom is 0.330 e. The highest BCUT2D eigenvalue weighted by molar-refractivity contribution is 6.24. The van der Waals surface area contributed by atoms with Gasteiger partial charge in [0.2, 0.25) is 0 Å². The number of nitrogens with zero attached hydrogens (tertiary/aromatic N) is 2. The van der Waals surface area contributed by atoms with Crippen LogP contribution in [0.15, 0.2) is 165 Å². The molecule has 0 aliphatic heterocycles. The molecule has 18 nitrogen and oxygen atoms in total. The third kappa shape index (κ3) is 20.8. The van der Waals surface area contributed by atoms with Gasteiger partial charge < -0.3 is 52.1 Å². The van der Waals surface area contributed by atoms with Crippen molar-refractivity contribution in [1.29, 1.82) is 0 Å². The summed E-state index contributed by atoms with van der Waals surface area (Å²) in [6.07, 6.45) is 16.7. The molecule has 0 N–H and O–H groups in total. The quantitative estimate of drug-likeness (QED) is 0.00673. The number of hydrogen-bond acceptors (Lipinski definition) is 18. The molecule has 2 saturated carbocycles. The Morgan fingerprint density at radius 2 is 0.773 bits per heavy atom. The summed E-state index contributed by atoms with van der Waals surface area (Å²) < 4.78 is 63.3. The lowest BCUT2D eigenvalue weighted by Gasteiger charge is -2.27. The number of unbranched alkanes of at least 4 members (excludes halogenated alkanes) is 6. The number of aromatic nitrogens is 2. The third-order valence-corrected chi connectivity index (χ3v) is 17.6. The predicted octanol–water partition coefficient (Wildman–Crippen LogP) is 15.8. The van der Waals surface area contributed by atoms with E-state index in [0.717, 1.165) is 138 Å². The monoisotopic (exact) mass is 1320 g/mol. The van der Waals surface area contributed by atoms with Crippen LogP contribution in [-0.2, 0) is 42.9 Å². The second-order valence-electron chi connectivity index (χ2n) is 24.5. The van der Waals surface area contributed by atoms with Gasteiger partial charge in [0.1, 0.15) is 53.5 Å². The van der Waals surface area contributed by atoms with Gasteiger partial charge in [0.15, 0.2) is 0 Å². The molecule has 0 radical (unpaired) electrons. The van der Waals surface area contributed by atoms with Crippen LogP contribution in [0.5, 0.6) is 40.2 Å². The summed E-state index contributed by atoms with van der Waals surface area (Å²) in [6.45, 7) is 14.1. The standard InChI is InChI=1S/C79H86N2O16/c1-4-73(82)91-42-13-9-7-11-40-88-60-27-31-62(32-28-60)96-78(85)56-22-18-54(19-23-56)52-94-65-35-37-67-68-38-36-66(95-53-55-20-24-57(25-21-55)79(86)97-63-33-29-61(30-34-63)89-41-12-8-10-14-43-92-74(83)5-2)51-70(68)77-76(69(67)50-65)80-71-39-26-59(49-72(71)81-77)58-16-15-17-64(48-58)90-46-44-87-45-47-93-75(84)6-3/h4-6,15-17,26-39,48-51,54-57H,1-3,7-14,18-25,40-47,52-53H2. The molecule has 7 aromatic carbocycles. The maximum absolute atomic E-state index is 13.4. The third-order valence-electron chi connectivity index (χ3n) is 17.6. The highest BCUT2D eigenvalue weighted by atomic mass is 16.6. The first-order valence-corrected chi connectivity index (χ1v) is 33.9. The number of hydrogen-bond donors (Lipinski definition) is 0. The number of benzene rings is 7. The molecular formula is C79H86N2O16. The highest BCUT2D eigenvalue weighted by Crippen LogP contribution is 2.40. The number of fused-ring (bicyclic) bond motifs is 7. The predicted molar refractivity (Wildman–Crippen MR) is 371 cm³/mol. The summed E-state index contributed by atoms with van der Waals surface area (Å²) in [5, 5.41) is 3.80. The van der Waals surface area contributed by atoms with E-state index in [2.05, 4.69) is 50.1 Å². The van der Waals surface area contributed by atoms with Gasteiger partial charge in [0.05, 0.1) is 86.8 Å². The normalized spacial score (nSPS) is 16.0. The molecule has 1 aromatic heterocycles. The Morgan fingerprint density at radius 3 is 1.27 bits per heavy atom. The zero-order valence-electron chi connectivity index (χ0n) is 55.1. The molecule has 8 aromatic rings. The summed E-state index contributed by atoms with van der Waals surface area (Å²) in [6, 6.07) is 40.6. The molecule has 508 valence electrons. The fourth-order valence-corrected chi connectivity index (χ4v) is 12.2. The Kier molecular flexibility index (Phi) is 26.2. The molecular weight excluding hydrogens is 1230 g/mol. The number of carbonyl (C=O) groups excluding carboxylic acids is 5. The molecule has 2 aliphatic carbocycles. The lowest BCUT2D eigenvalue weighted by atomic mass is 9.82. The molecule has 2 fully saturated rings. The Balaban J connectivity index is 0.760. The van der Waals surface area contributed by atoms with Gasteiger partial charge in [0, 0.05) is 29.0 Å². The van der Waals surface area contributed by atoms with Gasteiger partial charge in [-0.05, 0) is 246 Å². The SMILES string of the molecule is C=CC(=O)OCCCCCCOc1ccc(OC(=O)C2CCC(COc3ccc4c5ccc(OCC6CCC(C(=O)Oc7ccc(OCCCCCCOC(=O)C=C)cc7)CC6)cc5c5nc6cc(-c7cccc(OCCOCCOC(=O)C=C)c7)ccc6nc5c4c3)CC2)cc1. The van der Waals surface area contributed by atoms with E-state index in [9.17, 15) is 24.0 Å². The van der Waals surface area contributed by atoms with E-state index in [1.165, 1.54) is 12.2 Å². The molecule has 0 bridgehead atoms. The molecule has 0 amide bonds. The van der Waals surface area contributed by atoms with E-state index in [-0.39, 0.29) is 48.8 Å². The van der Waals surface area contributed by atoms with Gasteiger partial charge in [-0.25, -0.2) is 24.4 Å². The Morgan fingerprint density at radius 1 is 0.361 bits per heavy atom. The summed E-state index contributed by atoms with van der Waals surface area (Å²) in [4.78, 5) is 71.3. The van der Waals surface area contributed by atoms with Gasteiger partial charge in [-0.3, -0.25) is 9.59 Å². The van der Waals surface area contributed by atoms with Crippen LogP contribution in [0, 0.1) is 23.7 Å². The van der Waals surface area contributed by atoms with Crippen molar-refractivity contribution in [1.82, 2.24) is 9.97 Å². The van der Waals surface area contributed by atoms with Crippen LogP contribution in [0.1, 0.15) is 103 Å². The van der Waals surface area contributed by atoms with Crippen LogP contribution in [0.25, 0.3) is 54.7 Å². The van der Waals surface area contributed by atoms with E-state index in [4.69, 9.17) is 62.1 Å². The van der Waals surface area contributed by atoms with Crippen molar-refractivity contribution in [2.24, 2.45) is 23.7 Å². The van der Waals surface area contributed by atoms with Crippen molar-refractivity contribution in [2.75, 3.05) is 66.1 Å². The minimum atomic E-state index is -0.493. The molecule has 2 aliphatic rings. The summed E-state index contributed by atoms with van der Waals surface area (Å²) in [5.41, 5.74) is 4.78. The fraction of sp³-hybridized carbons (Fsp3) is 0.380. The van der Waals surface area contributed by atoms with E-state index in [1.54, 1.807) is 24.3 Å². The second-order valence-corrected chi connectivity index (χ2v) is 24.5. The first kappa shape index (κ1) is 70.0. The number of carbonyl (C=O) groups is 5. The molecule has 0 saturated heterocycles. The zero-order valence-corrected chi connectivity index (χ0v) is 55.1. The van der Waals surface area contributed by atoms with Crippen molar-refractivity contribution in [3.8, 4) is 51.4 Å². The minimum absolute atomic E-state index is 0.132. The second kappa shape index (κ2) is 36.3. The first-order chi connectivity index (χ1) is 47.5. The average Bonchev–Trinajstić information content (AvgIpc) is 0.732. The maximum atomic E-state index is 13.4. The Hall–Kier alpha value is -9.81. The Labute approximate surface area is 566 Å². The van der Waals surface area contributed by atoms with Crippen LogP contribution in [-0.4, -0.2) is 106 Å². The minimum Gasteiger partial charge on any atom is -0.494 e. The van der Waals surface area contributed by atoms with Crippen molar-refractivity contribution < 1.29 is 76.1 Å². The van der Waals surface area contributed by atoms with Crippen LogP contribution >= 0.6 is 0 Å². The zero-order chi connectivity index (χ0) is 67.6. The van der Waals surface area contributed by atoms with E-state index in [0.29, 0.717) is 119 Å².